The molecule has 0 N–H and O–H groups in total. The molecule has 1 heterocycles. The molecule has 0 fully saturated rings. The molecule has 0 aromatic heterocycles. The number of esters is 1. The van der Waals surface area contributed by atoms with Crippen LogP contribution in [0.3, 0.4) is 0 Å². The van der Waals surface area contributed by atoms with Crippen LogP contribution in [0.5, 0.6) is 0 Å². The second-order valence-electron chi connectivity index (χ2n) is 7.38. The lowest BCUT2D eigenvalue weighted by atomic mass is 9.79. The lowest BCUT2D eigenvalue weighted by molar-refractivity contribution is -0.149. The summed E-state index contributed by atoms with van der Waals surface area (Å²) in [4.78, 5) is 12.6. The van der Waals surface area contributed by atoms with Gasteiger partial charge in [-0.1, -0.05) is 54.6 Å². The maximum atomic E-state index is 13.5. The average Bonchev–Trinajstić information content (AvgIpc) is 2.99. The summed E-state index contributed by atoms with van der Waals surface area (Å²) in [5.41, 5.74) is -1.33. The molecule has 2 unspecified atom stereocenters. The van der Waals surface area contributed by atoms with Gasteiger partial charge in [-0.2, -0.15) is 14.8 Å². The molecule has 1 aliphatic heterocycles. The van der Waals surface area contributed by atoms with Crippen molar-refractivity contribution in [1.29, 1.82) is 10.5 Å². The molecule has 2 atom stereocenters. The molecule has 8 heteroatoms. The monoisotopic (exact) mass is 445 g/mol. The number of nitriles is 2. The largest absolute Gasteiger partial charge is 0.465 e. The van der Waals surface area contributed by atoms with Crippen molar-refractivity contribution in [3.05, 3.63) is 77.9 Å². The first kappa shape index (κ1) is 21.5. The highest BCUT2D eigenvalue weighted by atomic mass is 32.2. The summed E-state index contributed by atoms with van der Waals surface area (Å²) in [5.74, 6) is -2.60. The van der Waals surface area contributed by atoms with Gasteiger partial charge in [0.15, 0.2) is 11.5 Å². The Morgan fingerprint density at radius 1 is 1.06 bits per heavy atom. The quantitative estimate of drug-likeness (QED) is 0.556. The van der Waals surface area contributed by atoms with Gasteiger partial charge in [-0.15, -0.1) is 0 Å². The van der Waals surface area contributed by atoms with Crippen LogP contribution in [0.1, 0.15) is 18.1 Å². The fraction of sp³-hybridized carbons (Fsp3) is 0.208. The highest BCUT2D eigenvalue weighted by molar-refractivity contribution is 7.89. The summed E-state index contributed by atoms with van der Waals surface area (Å²) in [5, 5.41) is 22.1. The SMILES string of the molecule is CCOC(=O)C(C#N)C1(C#N)c2ccccc2S(=O)(=O)N1Cc1ccc2ccccc2c1. The fourth-order valence-electron chi connectivity index (χ4n) is 4.18. The van der Waals surface area contributed by atoms with Crippen molar-refractivity contribution < 1.29 is 17.9 Å². The lowest BCUT2D eigenvalue weighted by Crippen LogP contribution is -2.50. The second-order valence-corrected chi connectivity index (χ2v) is 9.21. The molecule has 1 aliphatic rings. The zero-order valence-electron chi connectivity index (χ0n) is 17.2. The summed E-state index contributed by atoms with van der Waals surface area (Å²) in [6.07, 6.45) is 0. The molecule has 0 saturated heterocycles. The molecule has 0 radical (unpaired) electrons. The summed E-state index contributed by atoms with van der Waals surface area (Å²) < 4.78 is 33.1. The minimum absolute atomic E-state index is 0.00239. The van der Waals surface area contributed by atoms with Crippen LogP contribution in [-0.2, 0) is 31.6 Å². The Bertz CT molecular complexity index is 1400. The van der Waals surface area contributed by atoms with Crippen LogP contribution in [0.4, 0.5) is 0 Å². The zero-order valence-corrected chi connectivity index (χ0v) is 18.0. The summed E-state index contributed by atoms with van der Waals surface area (Å²) >= 11 is 0. The minimum Gasteiger partial charge on any atom is -0.465 e. The summed E-state index contributed by atoms with van der Waals surface area (Å²) in [6.45, 7) is 1.39. The Kier molecular flexibility index (Phi) is 5.43. The topological polar surface area (TPSA) is 111 Å². The predicted molar refractivity (Wildman–Crippen MR) is 116 cm³/mol. The van der Waals surface area contributed by atoms with Crippen molar-refractivity contribution in [3.8, 4) is 12.1 Å². The van der Waals surface area contributed by atoms with E-state index in [4.69, 9.17) is 4.74 Å². The number of nitrogens with zero attached hydrogens (tertiary/aromatic N) is 3. The van der Waals surface area contributed by atoms with Gasteiger partial charge in [0, 0.05) is 12.1 Å². The molecule has 160 valence electrons. The highest BCUT2D eigenvalue weighted by Crippen LogP contribution is 2.49. The molecule has 0 aliphatic carbocycles. The van der Waals surface area contributed by atoms with Crippen molar-refractivity contribution in [2.75, 3.05) is 6.61 Å². The van der Waals surface area contributed by atoms with Crippen molar-refractivity contribution in [2.24, 2.45) is 5.92 Å². The van der Waals surface area contributed by atoms with Gasteiger partial charge in [-0.25, -0.2) is 8.42 Å². The van der Waals surface area contributed by atoms with Crippen LogP contribution in [0.15, 0.2) is 71.6 Å². The third kappa shape index (κ3) is 3.13. The molecule has 3 aromatic rings. The van der Waals surface area contributed by atoms with Gasteiger partial charge in [-0.05, 0) is 35.4 Å². The maximum Gasteiger partial charge on any atom is 0.326 e. The minimum atomic E-state index is -4.17. The van der Waals surface area contributed by atoms with Crippen LogP contribution >= 0.6 is 0 Å². The molecule has 32 heavy (non-hydrogen) atoms. The lowest BCUT2D eigenvalue weighted by Gasteiger charge is -2.33. The van der Waals surface area contributed by atoms with E-state index in [1.165, 1.54) is 12.1 Å². The van der Waals surface area contributed by atoms with Crippen LogP contribution in [-0.4, -0.2) is 25.3 Å². The van der Waals surface area contributed by atoms with Gasteiger partial charge in [0.1, 0.15) is 0 Å². The van der Waals surface area contributed by atoms with Gasteiger partial charge >= 0.3 is 5.97 Å². The third-order valence-corrected chi connectivity index (χ3v) is 7.55. The molecular formula is C24H19N3O4S. The number of hydrogen-bond acceptors (Lipinski definition) is 6. The molecular weight excluding hydrogens is 426 g/mol. The van der Waals surface area contributed by atoms with Gasteiger partial charge < -0.3 is 4.74 Å². The van der Waals surface area contributed by atoms with Crippen LogP contribution in [0.25, 0.3) is 10.8 Å². The Morgan fingerprint density at radius 3 is 2.44 bits per heavy atom. The second kappa shape index (κ2) is 8.08. The molecule has 3 aromatic carbocycles. The van der Waals surface area contributed by atoms with Crippen LogP contribution in [0, 0.1) is 28.6 Å². The van der Waals surface area contributed by atoms with Gasteiger partial charge in [0.05, 0.1) is 23.6 Å². The Morgan fingerprint density at radius 2 is 1.75 bits per heavy atom. The molecule has 7 nitrogen and oxygen atoms in total. The van der Waals surface area contributed by atoms with Crippen molar-refractivity contribution in [2.45, 2.75) is 23.9 Å². The van der Waals surface area contributed by atoms with Crippen molar-refractivity contribution in [3.63, 3.8) is 0 Å². The Hall–Kier alpha value is -3.72. The zero-order chi connectivity index (χ0) is 22.9. The van der Waals surface area contributed by atoms with E-state index in [9.17, 15) is 23.7 Å². The van der Waals surface area contributed by atoms with Gasteiger partial charge in [0.2, 0.25) is 10.0 Å². The number of carbonyl (C=O) groups excluding carboxylic acids is 1. The van der Waals surface area contributed by atoms with Crippen molar-refractivity contribution in [1.82, 2.24) is 4.31 Å². The molecule has 0 saturated carbocycles. The van der Waals surface area contributed by atoms with E-state index in [1.807, 2.05) is 48.5 Å². The van der Waals surface area contributed by atoms with E-state index in [-0.39, 0.29) is 23.6 Å². The van der Waals surface area contributed by atoms with E-state index in [2.05, 4.69) is 0 Å². The predicted octanol–water partition coefficient (Wildman–Crippen LogP) is 3.47. The van der Waals surface area contributed by atoms with Gasteiger partial charge in [0.25, 0.3) is 0 Å². The van der Waals surface area contributed by atoms with Crippen LogP contribution < -0.4 is 0 Å². The number of ether oxygens (including phenoxy) is 1. The van der Waals surface area contributed by atoms with E-state index >= 15 is 0 Å². The molecule has 0 bridgehead atoms. The van der Waals surface area contributed by atoms with E-state index < -0.39 is 27.4 Å². The first-order valence-corrected chi connectivity index (χ1v) is 11.4. The van der Waals surface area contributed by atoms with Crippen molar-refractivity contribution >= 4 is 26.8 Å². The number of sulfonamides is 1. The van der Waals surface area contributed by atoms with E-state index in [1.54, 1.807) is 25.1 Å². The summed E-state index contributed by atoms with van der Waals surface area (Å²) in [6, 6.07) is 22.9. The highest BCUT2D eigenvalue weighted by Gasteiger charge is 2.61. The number of hydrogen-bond donors (Lipinski definition) is 0. The number of rotatable bonds is 5. The van der Waals surface area contributed by atoms with E-state index in [0.717, 1.165) is 15.1 Å². The molecule has 4 rings (SSSR count). The number of fused-ring (bicyclic) bond motifs is 2. The first-order chi connectivity index (χ1) is 15.4. The Labute approximate surface area is 186 Å². The van der Waals surface area contributed by atoms with Crippen LogP contribution in [0.2, 0.25) is 0 Å². The van der Waals surface area contributed by atoms with Gasteiger partial charge in [-0.3, -0.25) is 4.79 Å². The maximum absolute atomic E-state index is 13.5. The Balaban J connectivity index is 1.92. The summed E-state index contributed by atoms with van der Waals surface area (Å²) in [7, 11) is -4.17. The first-order valence-electron chi connectivity index (χ1n) is 9.97. The third-order valence-electron chi connectivity index (χ3n) is 5.64. The van der Waals surface area contributed by atoms with E-state index in [0.29, 0.717) is 5.56 Å². The normalized spacial score (nSPS) is 20.1. The standard InChI is InChI=1S/C24H19N3O4S/c1-2-31-23(28)21(14-25)24(16-26)20-9-5-6-10-22(20)32(29,30)27(24)15-17-11-12-18-7-3-4-8-19(18)13-17/h3-13,21H,2,15H2,1H3. The molecule has 0 amide bonds. The fourth-order valence-corrected chi connectivity index (χ4v) is 6.12. The number of carbonyl (C=O) groups is 1. The number of benzene rings is 3. The molecule has 0 spiro atoms. The average molecular weight is 446 g/mol. The smallest absolute Gasteiger partial charge is 0.326 e.